The van der Waals surface area contributed by atoms with Crippen LogP contribution in [0.4, 0.5) is 0 Å². The molecule has 1 aromatic rings. The van der Waals surface area contributed by atoms with Gasteiger partial charge >= 0.3 is 0 Å². The Balaban J connectivity index is 0.00000288. The standard InChI is InChI=1S/C17H31N5O.HI/c1-6-21(7-2)15-9-11-22(12-15)17(18-5)19-10-8-16-13(3)20-23-14(16)4;/h15H,6-12H2,1-5H3,(H,18,19);1H. The van der Waals surface area contributed by atoms with Gasteiger partial charge in [-0.25, -0.2) is 0 Å². The first-order chi connectivity index (χ1) is 11.1. The maximum absolute atomic E-state index is 5.22. The van der Waals surface area contributed by atoms with E-state index in [1.54, 1.807) is 0 Å². The first kappa shape index (κ1) is 21.2. The molecule has 24 heavy (non-hydrogen) atoms. The topological polar surface area (TPSA) is 56.9 Å². The average Bonchev–Trinajstić information content (AvgIpc) is 3.14. The lowest BCUT2D eigenvalue weighted by atomic mass is 10.1. The number of aryl methyl sites for hydroxylation is 2. The zero-order chi connectivity index (χ0) is 16.8. The van der Waals surface area contributed by atoms with Gasteiger partial charge in [0.2, 0.25) is 0 Å². The molecule has 1 unspecified atom stereocenters. The fraction of sp³-hybridized carbons (Fsp3) is 0.765. The van der Waals surface area contributed by atoms with E-state index >= 15 is 0 Å². The van der Waals surface area contributed by atoms with Crippen LogP contribution < -0.4 is 5.32 Å². The lowest BCUT2D eigenvalue weighted by Gasteiger charge is -2.27. The second kappa shape index (κ2) is 10.2. The van der Waals surface area contributed by atoms with Gasteiger partial charge < -0.3 is 14.7 Å². The summed E-state index contributed by atoms with van der Waals surface area (Å²) in [5.74, 6) is 1.92. The number of likely N-dealkylation sites (N-methyl/N-ethyl adjacent to an activating group) is 1. The van der Waals surface area contributed by atoms with Crippen LogP contribution in [0.3, 0.4) is 0 Å². The van der Waals surface area contributed by atoms with Crippen molar-refractivity contribution in [3.8, 4) is 0 Å². The number of likely N-dealkylation sites (tertiary alicyclic amines) is 1. The van der Waals surface area contributed by atoms with E-state index in [-0.39, 0.29) is 24.0 Å². The summed E-state index contributed by atoms with van der Waals surface area (Å²) >= 11 is 0. The molecule has 1 aromatic heterocycles. The van der Waals surface area contributed by atoms with Crippen molar-refractivity contribution in [2.75, 3.05) is 39.8 Å². The number of hydrogen-bond donors (Lipinski definition) is 1. The molecule has 2 heterocycles. The summed E-state index contributed by atoms with van der Waals surface area (Å²) in [5, 5.41) is 7.50. The highest BCUT2D eigenvalue weighted by Crippen LogP contribution is 2.16. The highest BCUT2D eigenvalue weighted by atomic mass is 127. The smallest absolute Gasteiger partial charge is 0.193 e. The molecule has 138 valence electrons. The van der Waals surface area contributed by atoms with Gasteiger partial charge in [-0.05, 0) is 39.8 Å². The van der Waals surface area contributed by atoms with Crippen LogP contribution in [0.1, 0.15) is 37.3 Å². The zero-order valence-electron chi connectivity index (χ0n) is 15.6. The van der Waals surface area contributed by atoms with Crippen molar-refractivity contribution in [3.05, 3.63) is 17.0 Å². The molecule has 1 N–H and O–H groups in total. The van der Waals surface area contributed by atoms with Crippen LogP contribution >= 0.6 is 24.0 Å². The summed E-state index contributed by atoms with van der Waals surface area (Å²) in [4.78, 5) is 9.36. The molecule has 1 saturated heterocycles. The fourth-order valence-corrected chi connectivity index (χ4v) is 3.46. The number of nitrogens with zero attached hydrogens (tertiary/aromatic N) is 4. The van der Waals surface area contributed by atoms with E-state index in [1.165, 1.54) is 12.0 Å². The SMILES string of the molecule is CCN(CC)C1CCN(C(=NC)NCCc2c(C)noc2C)C1.I. The van der Waals surface area contributed by atoms with E-state index < -0.39 is 0 Å². The molecular formula is C17H32IN5O. The third-order valence-corrected chi connectivity index (χ3v) is 4.84. The second-order valence-electron chi connectivity index (χ2n) is 6.14. The van der Waals surface area contributed by atoms with Gasteiger partial charge in [-0.1, -0.05) is 19.0 Å². The monoisotopic (exact) mass is 449 g/mol. The zero-order valence-corrected chi connectivity index (χ0v) is 18.0. The highest BCUT2D eigenvalue weighted by molar-refractivity contribution is 14.0. The average molecular weight is 449 g/mol. The maximum atomic E-state index is 5.22. The number of aromatic nitrogens is 1. The molecule has 2 rings (SSSR count). The van der Waals surface area contributed by atoms with Crippen molar-refractivity contribution in [3.63, 3.8) is 0 Å². The Labute approximate surface area is 163 Å². The van der Waals surface area contributed by atoms with E-state index in [0.717, 1.165) is 56.6 Å². The van der Waals surface area contributed by atoms with Crippen LogP contribution in [-0.2, 0) is 6.42 Å². The van der Waals surface area contributed by atoms with Crippen LogP contribution in [0.15, 0.2) is 9.52 Å². The van der Waals surface area contributed by atoms with E-state index in [1.807, 2.05) is 20.9 Å². The summed E-state index contributed by atoms with van der Waals surface area (Å²) in [6.07, 6.45) is 2.12. The summed E-state index contributed by atoms with van der Waals surface area (Å²) in [7, 11) is 1.86. The van der Waals surface area contributed by atoms with Crippen LogP contribution in [0.25, 0.3) is 0 Å². The highest BCUT2D eigenvalue weighted by Gasteiger charge is 2.27. The van der Waals surface area contributed by atoms with Gasteiger partial charge in [0.05, 0.1) is 5.69 Å². The molecule has 0 aromatic carbocycles. The summed E-state index contributed by atoms with van der Waals surface area (Å²) < 4.78 is 5.22. The molecular weight excluding hydrogens is 417 g/mol. The van der Waals surface area contributed by atoms with Crippen LogP contribution in [0, 0.1) is 13.8 Å². The number of halogens is 1. The predicted molar refractivity (Wildman–Crippen MR) is 109 cm³/mol. The molecule has 0 spiro atoms. The number of nitrogens with one attached hydrogen (secondary N) is 1. The molecule has 1 atom stereocenters. The van der Waals surface area contributed by atoms with E-state index in [0.29, 0.717) is 6.04 Å². The quantitative estimate of drug-likeness (QED) is 0.411. The number of rotatable bonds is 6. The van der Waals surface area contributed by atoms with Crippen LogP contribution in [0.2, 0.25) is 0 Å². The Bertz CT molecular complexity index is 508. The van der Waals surface area contributed by atoms with Gasteiger partial charge in [-0.2, -0.15) is 0 Å². The lowest BCUT2D eigenvalue weighted by molar-refractivity contribution is 0.223. The molecule has 1 aliphatic heterocycles. The van der Waals surface area contributed by atoms with Gasteiger partial charge in [0.25, 0.3) is 0 Å². The van der Waals surface area contributed by atoms with Gasteiger partial charge in [0.1, 0.15) is 5.76 Å². The van der Waals surface area contributed by atoms with Gasteiger partial charge in [0, 0.05) is 38.3 Å². The molecule has 7 heteroatoms. The number of guanidine groups is 1. The third kappa shape index (κ3) is 5.08. The Morgan fingerprint density at radius 2 is 2.08 bits per heavy atom. The van der Waals surface area contributed by atoms with Crippen molar-refractivity contribution in [2.24, 2.45) is 4.99 Å². The van der Waals surface area contributed by atoms with Crippen molar-refractivity contribution >= 4 is 29.9 Å². The third-order valence-electron chi connectivity index (χ3n) is 4.84. The largest absolute Gasteiger partial charge is 0.361 e. The molecule has 6 nitrogen and oxygen atoms in total. The molecule has 0 radical (unpaired) electrons. The molecule has 0 aliphatic carbocycles. The molecule has 1 aliphatic rings. The molecule has 0 amide bonds. The number of hydrogen-bond acceptors (Lipinski definition) is 4. The summed E-state index contributed by atoms with van der Waals surface area (Å²) in [6, 6.07) is 0.645. The Kier molecular flexibility index (Phi) is 9.04. The summed E-state index contributed by atoms with van der Waals surface area (Å²) in [6.45, 7) is 13.7. The van der Waals surface area contributed by atoms with Crippen molar-refractivity contribution in [1.29, 1.82) is 0 Å². The van der Waals surface area contributed by atoms with Gasteiger partial charge in [-0.15, -0.1) is 24.0 Å². The second-order valence-corrected chi connectivity index (χ2v) is 6.14. The van der Waals surface area contributed by atoms with Crippen molar-refractivity contribution in [1.82, 2.24) is 20.3 Å². The molecule has 1 fully saturated rings. The normalized spacial score (nSPS) is 18.2. The van der Waals surface area contributed by atoms with E-state index in [4.69, 9.17) is 4.52 Å². The van der Waals surface area contributed by atoms with Crippen molar-refractivity contribution < 1.29 is 4.52 Å². The van der Waals surface area contributed by atoms with Crippen LogP contribution in [-0.4, -0.2) is 66.7 Å². The Morgan fingerprint density at radius 1 is 1.38 bits per heavy atom. The van der Waals surface area contributed by atoms with E-state index in [2.05, 4.69) is 39.1 Å². The molecule has 0 saturated carbocycles. The van der Waals surface area contributed by atoms with Crippen molar-refractivity contribution in [2.45, 2.75) is 46.6 Å². The first-order valence-corrected chi connectivity index (χ1v) is 8.72. The van der Waals surface area contributed by atoms with E-state index in [9.17, 15) is 0 Å². The minimum Gasteiger partial charge on any atom is -0.361 e. The number of aliphatic imine (C=N–C) groups is 1. The maximum Gasteiger partial charge on any atom is 0.193 e. The Morgan fingerprint density at radius 3 is 2.62 bits per heavy atom. The Hall–Kier alpha value is -0.830. The fourth-order valence-electron chi connectivity index (χ4n) is 3.46. The first-order valence-electron chi connectivity index (χ1n) is 8.72. The predicted octanol–water partition coefficient (Wildman–Crippen LogP) is 2.44. The minimum atomic E-state index is 0. The minimum absolute atomic E-state index is 0. The van der Waals surface area contributed by atoms with Gasteiger partial charge in [-0.3, -0.25) is 9.89 Å². The molecule has 0 bridgehead atoms. The summed E-state index contributed by atoms with van der Waals surface area (Å²) in [5.41, 5.74) is 2.19. The van der Waals surface area contributed by atoms with Crippen LogP contribution in [0.5, 0.6) is 0 Å². The van der Waals surface area contributed by atoms with Gasteiger partial charge in [0.15, 0.2) is 5.96 Å². The lowest BCUT2D eigenvalue weighted by Crippen LogP contribution is -2.43.